The number of hydrogen-bond acceptors (Lipinski definition) is 5. The highest BCUT2D eigenvalue weighted by atomic mass is 19.3. The molecule has 1 saturated heterocycles. The number of nitrogens with one attached hydrogen (secondary N) is 1. The molecule has 4 N–H and O–H groups in total. The zero-order valence-corrected chi connectivity index (χ0v) is 19.0. The molecular weight excluding hydrogens is 468 g/mol. The molecule has 0 amide bonds. The van der Waals surface area contributed by atoms with Gasteiger partial charge in [0, 0.05) is 60.6 Å². The van der Waals surface area contributed by atoms with Gasteiger partial charge in [0.05, 0.1) is 12.1 Å². The van der Waals surface area contributed by atoms with Crippen LogP contribution in [-0.4, -0.2) is 65.1 Å². The van der Waals surface area contributed by atoms with Gasteiger partial charge >= 0.3 is 12.6 Å². The lowest BCUT2D eigenvalue weighted by Crippen LogP contribution is -2.49. The average molecular weight is 494 g/mol. The third-order valence-corrected chi connectivity index (χ3v) is 6.35. The summed E-state index contributed by atoms with van der Waals surface area (Å²) in [7, 11) is 0. The van der Waals surface area contributed by atoms with E-state index in [4.69, 9.17) is 10.5 Å². The highest BCUT2D eigenvalue weighted by Crippen LogP contribution is 2.36. The topological polar surface area (TPSA) is 94.8 Å². The Bertz CT molecular complexity index is 1220. The first-order chi connectivity index (χ1) is 16.6. The largest absolute Gasteiger partial charge is 0.478 e. The summed E-state index contributed by atoms with van der Waals surface area (Å²) in [5.41, 5.74) is 8.71. The fourth-order valence-electron chi connectivity index (χ4n) is 4.73. The number of aromatic nitrogens is 1. The highest BCUT2D eigenvalue weighted by Gasteiger charge is 2.31. The molecule has 11 heteroatoms. The number of aromatic amines is 1. The summed E-state index contributed by atoms with van der Waals surface area (Å²) in [4.78, 5) is 18.1. The molecule has 7 nitrogen and oxygen atoms in total. The van der Waals surface area contributed by atoms with E-state index < -0.39 is 31.6 Å². The lowest BCUT2D eigenvalue weighted by atomic mass is 9.97. The number of nitrogen functional groups attached to an aromatic ring is 1. The molecule has 1 atom stereocenters. The minimum atomic E-state index is -3.01. The van der Waals surface area contributed by atoms with Crippen molar-refractivity contribution in [1.29, 1.82) is 0 Å². The van der Waals surface area contributed by atoms with Crippen LogP contribution in [0.25, 0.3) is 10.9 Å². The van der Waals surface area contributed by atoms with Crippen molar-refractivity contribution >= 4 is 22.6 Å². The van der Waals surface area contributed by atoms with Crippen molar-refractivity contribution in [2.24, 2.45) is 0 Å². The highest BCUT2D eigenvalue weighted by molar-refractivity contribution is 5.93. The summed E-state index contributed by atoms with van der Waals surface area (Å²) >= 11 is 0. The standard InChI is InChI=1S/C24H26F4N4O3/c1-13-8-20(35-24(27)28)17(15-4-5-30-22(13)15)10-32-7-6-31(12-21(25)26)11-19(32)14-2-3-16(23(33)34)18(29)9-14/h2-5,8-9,19,21,24,30H,6-7,10-12,29H2,1H3,(H,33,34). The van der Waals surface area contributed by atoms with E-state index >= 15 is 0 Å². The molecular formula is C24H26F4N4O3. The van der Waals surface area contributed by atoms with E-state index in [9.17, 15) is 27.5 Å². The second kappa shape index (κ2) is 10.1. The second-order valence-corrected chi connectivity index (χ2v) is 8.60. The molecule has 0 radical (unpaired) electrons. The second-order valence-electron chi connectivity index (χ2n) is 8.60. The molecule has 0 aliphatic carbocycles. The number of nitrogens with zero attached hydrogens (tertiary/aromatic N) is 2. The number of fused-ring (bicyclic) bond motifs is 1. The molecule has 4 rings (SSSR count). The molecule has 0 bridgehead atoms. The maximum atomic E-state index is 13.2. The number of rotatable bonds is 8. The molecule has 1 aliphatic rings. The summed E-state index contributed by atoms with van der Waals surface area (Å²) in [6, 6.07) is 7.45. The summed E-state index contributed by atoms with van der Waals surface area (Å²) in [6.07, 6.45) is -0.791. The number of aryl methyl sites for hydroxylation is 1. The van der Waals surface area contributed by atoms with Crippen molar-refractivity contribution in [3.8, 4) is 5.75 Å². The van der Waals surface area contributed by atoms with Crippen LogP contribution in [0, 0.1) is 6.92 Å². The van der Waals surface area contributed by atoms with Crippen molar-refractivity contribution < 1.29 is 32.2 Å². The van der Waals surface area contributed by atoms with Gasteiger partial charge in [0.25, 0.3) is 6.43 Å². The number of benzene rings is 2. The number of carboxylic acids is 1. The number of aromatic carboxylic acids is 1. The van der Waals surface area contributed by atoms with Gasteiger partial charge in [-0.1, -0.05) is 6.07 Å². The molecule has 0 spiro atoms. The number of piperazine rings is 1. The van der Waals surface area contributed by atoms with Crippen molar-refractivity contribution in [2.75, 3.05) is 31.9 Å². The number of hydrogen-bond donors (Lipinski definition) is 3. The van der Waals surface area contributed by atoms with E-state index in [-0.39, 0.29) is 30.1 Å². The first-order valence-corrected chi connectivity index (χ1v) is 11.1. The minimum absolute atomic E-state index is 0.0547. The van der Waals surface area contributed by atoms with E-state index in [0.29, 0.717) is 24.2 Å². The normalized spacial score (nSPS) is 17.5. The summed E-state index contributed by atoms with van der Waals surface area (Å²) in [6.45, 7) is -0.429. The summed E-state index contributed by atoms with van der Waals surface area (Å²) < 4.78 is 57.5. The maximum absolute atomic E-state index is 13.2. The number of carboxylic acid groups (broad SMARTS) is 1. The number of alkyl halides is 4. The Labute approximate surface area is 199 Å². The predicted octanol–water partition coefficient (Wildman–Crippen LogP) is 4.48. The van der Waals surface area contributed by atoms with Gasteiger partial charge in [0.1, 0.15) is 5.75 Å². The van der Waals surface area contributed by atoms with Gasteiger partial charge in [-0.3, -0.25) is 9.80 Å². The van der Waals surface area contributed by atoms with E-state index in [1.54, 1.807) is 36.2 Å². The average Bonchev–Trinajstić information content (AvgIpc) is 3.26. The molecule has 35 heavy (non-hydrogen) atoms. The SMILES string of the molecule is Cc1cc(OC(F)F)c(CN2CCN(CC(F)F)CC2c2ccc(C(=O)O)c(N)c2)c2cc[nH]c12. The molecule has 188 valence electrons. The van der Waals surface area contributed by atoms with Gasteiger partial charge < -0.3 is 20.6 Å². The van der Waals surface area contributed by atoms with Crippen LogP contribution < -0.4 is 10.5 Å². The Hall–Kier alpha value is -3.31. The summed E-state index contributed by atoms with van der Waals surface area (Å²) in [5, 5.41) is 10.0. The fraction of sp³-hybridized carbons (Fsp3) is 0.375. The molecule has 0 saturated carbocycles. The molecule has 1 fully saturated rings. The van der Waals surface area contributed by atoms with Gasteiger partial charge in [-0.15, -0.1) is 0 Å². The lowest BCUT2D eigenvalue weighted by molar-refractivity contribution is -0.0510. The third-order valence-electron chi connectivity index (χ3n) is 6.35. The van der Waals surface area contributed by atoms with Crippen molar-refractivity contribution in [3.63, 3.8) is 0 Å². The Morgan fingerprint density at radius 1 is 1.23 bits per heavy atom. The molecule has 1 unspecified atom stereocenters. The van der Waals surface area contributed by atoms with Crippen LogP contribution in [0.2, 0.25) is 0 Å². The number of H-pyrrole nitrogens is 1. The monoisotopic (exact) mass is 494 g/mol. The van der Waals surface area contributed by atoms with Crippen molar-refractivity contribution in [2.45, 2.75) is 32.5 Å². The minimum Gasteiger partial charge on any atom is -0.478 e. The van der Waals surface area contributed by atoms with Crippen molar-refractivity contribution in [3.05, 3.63) is 58.8 Å². The summed E-state index contributed by atoms with van der Waals surface area (Å²) in [5.74, 6) is -1.11. The van der Waals surface area contributed by atoms with E-state index in [1.807, 2.05) is 4.90 Å². The van der Waals surface area contributed by atoms with Gasteiger partial charge in [0.2, 0.25) is 0 Å². The Balaban J connectivity index is 1.73. The van der Waals surface area contributed by atoms with Crippen LogP contribution in [0.5, 0.6) is 5.75 Å². The Kier molecular flexibility index (Phi) is 7.18. The lowest BCUT2D eigenvalue weighted by Gasteiger charge is -2.42. The zero-order valence-electron chi connectivity index (χ0n) is 19.0. The molecule has 1 aromatic heterocycles. The number of carbonyl (C=O) groups is 1. The van der Waals surface area contributed by atoms with Crippen LogP contribution >= 0.6 is 0 Å². The van der Waals surface area contributed by atoms with Gasteiger partial charge in [0.15, 0.2) is 0 Å². The van der Waals surface area contributed by atoms with Crippen LogP contribution in [0.4, 0.5) is 23.2 Å². The fourth-order valence-corrected chi connectivity index (χ4v) is 4.73. The predicted molar refractivity (Wildman–Crippen MR) is 123 cm³/mol. The number of ether oxygens (including phenoxy) is 1. The smallest absolute Gasteiger partial charge is 0.387 e. The van der Waals surface area contributed by atoms with Crippen LogP contribution in [0.15, 0.2) is 36.5 Å². The van der Waals surface area contributed by atoms with Gasteiger partial charge in [-0.25, -0.2) is 13.6 Å². The number of nitrogens with two attached hydrogens (primary N) is 1. The molecule has 2 heterocycles. The van der Waals surface area contributed by atoms with Crippen LogP contribution in [0.1, 0.15) is 33.1 Å². The Morgan fingerprint density at radius 3 is 2.66 bits per heavy atom. The molecule has 2 aromatic carbocycles. The maximum Gasteiger partial charge on any atom is 0.387 e. The van der Waals surface area contributed by atoms with E-state index in [2.05, 4.69) is 4.98 Å². The number of halogens is 4. The van der Waals surface area contributed by atoms with E-state index in [0.717, 1.165) is 16.5 Å². The van der Waals surface area contributed by atoms with Gasteiger partial charge in [-0.05, 0) is 42.3 Å². The first kappa shape index (κ1) is 24.8. The van der Waals surface area contributed by atoms with Crippen LogP contribution in [0.3, 0.4) is 0 Å². The molecule has 1 aliphatic heterocycles. The van der Waals surface area contributed by atoms with E-state index in [1.165, 1.54) is 12.1 Å². The number of anilines is 1. The quantitative estimate of drug-likeness (QED) is 0.316. The zero-order chi connectivity index (χ0) is 25.3. The molecule has 3 aromatic rings. The Morgan fingerprint density at radius 2 is 2.00 bits per heavy atom. The van der Waals surface area contributed by atoms with Crippen LogP contribution in [-0.2, 0) is 6.54 Å². The third kappa shape index (κ3) is 5.35. The van der Waals surface area contributed by atoms with Crippen molar-refractivity contribution in [1.82, 2.24) is 14.8 Å². The first-order valence-electron chi connectivity index (χ1n) is 11.1. The van der Waals surface area contributed by atoms with Gasteiger partial charge in [-0.2, -0.15) is 8.78 Å².